The minimum Gasteiger partial charge on any atom is -0.487 e. The van der Waals surface area contributed by atoms with Crippen molar-refractivity contribution in [1.29, 1.82) is 0 Å². The molecule has 0 radical (unpaired) electrons. The molecule has 2 N–H and O–H groups in total. The smallest absolute Gasteiger partial charge is 0.130 e. The number of ether oxygens (including phenoxy) is 1. The Morgan fingerprint density at radius 2 is 2.15 bits per heavy atom. The molecule has 0 bridgehead atoms. The second kappa shape index (κ2) is 7.07. The number of nitrogens with two attached hydrogens (primary N) is 1. The van der Waals surface area contributed by atoms with Crippen LogP contribution in [0, 0.1) is 0 Å². The third-order valence-corrected chi connectivity index (χ3v) is 3.59. The predicted octanol–water partition coefficient (Wildman–Crippen LogP) is 3.97. The number of hydrogen-bond acceptors (Lipinski definition) is 3. The largest absolute Gasteiger partial charge is 0.487 e. The van der Waals surface area contributed by atoms with Crippen LogP contribution in [0.3, 0.4) is 0 Å². The molecule has 1 unspecified atom stereocenters. The molecule has 0 amide bonds. The Balaban J connectivity index is 2.12. The molecule has 3 nitrogen and oxygen atoms in total. The summed E-state index contributed by atoms with van der Waals surface area (Å²) >= 11 is 9.57. The molecule has 2 rings (SSSR count). The Hall–Kier alpha value is -1.10. The van der Waals surface area contributed by atoms with E-state index >= 15 is 0 Å². The zero-order chi connectivity index (χ0) is 14.5. The van der Waals surface area contributed by atoms with Crippen molar-refractivity contribution in [3.8, 4) is 5.75 Å². The first-order valence-electron chi connectivity index (χ1n) is 6.32. The van der Waals surface area contributed by atoms with Gasteiger partial charge in [0.05, 0.1) is 5.69 Å². The molecule has 106 valence electrons. The Kier molecular flexibility index (Phi) is 5.40. The van der Waals surface area contributed by atoms with Gasteiger partial charge in [0, 0.05) is 27.3 Å². The summed E-state index contributed by atoms with van der Waals surface area (Å²) in [6, 6.07) is 9.51. The quantitative estimate of drug-likeness (QED) is 0.883. The Morgan fingerprint density at radius 3 is 2.80 bits per heavy atom. The fourth-order valence-electron chi connectivity index (χ4n) is 1.84. The first kappa shape index (κ1) is 15.3. The van der Waals surface area contributed by atoms with Gasteiger partial charge in [-0.05, 0) is 53.5 Å². The van der Waals surface area contributed by atoms with Gasteiger partial charge in [-0.1, -0.05) is 17.7 Å². The number of nitrogens with zero attached hydrogens (tertiary/aromatic N) is 1. The molecule has 0 aliphatic rings. The Labute approximate surface area is 132 Å². The van der Waals surface area contributed by atoms with Crippen molar-refractivity contribution >= 4 is 27.5 Å². The molecule has 1 aromatic heterocycles. The minimum absolute atomic E-state index is 0.0306. The molecule has 1 heterocycles. The van der Waals surface area contributed by atoms with E-state index in [1.807, 2.05) is 37.3 Å². The average molecular weight is 356 g/mol. The maximum atomic E-state index is 6.22. The molecule has 0 saturated carbocycles. The molecule has 0 aliphatic heterocycles. The second-order valence-electron chi connectivity index (χ2n) is 4.65. The van der Waals surface area contributed by atoms with E-state index in [0.29, 0.717) is 18.1 Å². The van der Waals surface area contributed by atoms with Gasteiger partial charge in [-0.3, -0.25) is 4.98 Å². The van der Waals surface area contributed by atoms with Crippen molar-refractivity contribution in [2.24, 2.45) is 5.73 Å². The van der Waals surface area contributed by atoms with Crippen molar-refractivity contribution in [3.63, 3.8) is 0 Å². The summed E-state index contributed by atoms with van der Waals surface area (Å²) < 4.78 is 6.77. The van der Waals surface area contributed by atoms with Crippen LogP contribution in [0.1, 0.15) is 18.2 Å². The fraction of sp³-hybridized carbons (Fsp3) is 0.267. The SMILES string of the molecule is CC(N)Cc1c(Cl)cccc1OCc1ccc(Br)cn1. The van der Waals surface area contributed by atoms with E-state index in [1.165, 1.54) is 0 Å². The van der Waals surface area contributed by atoms with E-state index in [2.05, 4.69) is 20.9 Å². The van der Waals surface area contributed by atoms with Crippen LogP contribution in [-0.2, 0) is 13.0 Å². The van der Waals surface area contributed by atoms with Crippen LogP contribution < -0.4 is 10.5 Å². The second-order valence-corrected chi connectivity index (χ2v) is 5.98. The Bertz CT molecular complexity index is 573. The molecule has 1 atom stereocenters. The molecule has 0 aliphatic carbocycles. The highest BCUT2D eigenvalue weighted by Gasteiger charge is 2.10. The summed E-state index contributed by atoms with van der Waals surface area (Å²) in [5, 5.41) is 0.684. The average Bonchev–Trinajstić information content (AvgIpc) is 2.41. The van der Waals surface area contributed by atoms with Crippen molar-refractivity contribution in [1.82, 2.24) is 4.98 Å². The van der Waals surface area contributed by atoms with Gasteiger partial charge in [0.15, 0.2) is 0 Å². The summed E-state index contributed by atoms with van der Waals surface area (Å²) in [7, 11) is 0. The summed E-state index contributed by atoms with van der Waals surface area (Å²) in [4.78, 5) is 4.28. The fourth-order valence-corrected chi connectivity index (χ4v) is 2.32. The van der Waals surface area contributed by atoms with Gasteiger partial charge in [0.25, 0.3) is 0 Å². The zero-order valence-corrected chi connectivity index (χ0v) is 13.5. The van der Waals surface area contributed by atoms with Gasteiger partial charge in [0.1, 0.15) is 12.4 Å². The summed E-state index contributed by atoms with van der Waals surface area (Å²) in [6.07, 6.45) is 2.43. The third kappa shape index (κ3) is 4.20. The lowest BCUT2D eigenvalue weighted by Crippen LogP contribution is -2.18. The van der Waals surface area contributed by atoms with Crippen molar-refractivity contribution in [3.05, 3.63) is 57.3 Å². The number of hydrogen-bond donors (Lipinski definition) is 1. The van der Waals surface area contributed by atoms with Gasteiger partial charge in [-0.2, -0.15) is 0 Å². The van der Waals surface area contributed by atoms with Gasteiger partial charge >= 0.3 is 0 Å². The normalized spacial score (nSPS) is 12.2. The van der Waals surface area contributed by atoms with Crippen molar-refractivity contribution in [2.75, 3.05) is 0 Å². The minimum atomic E-state index is 0.0306. The maximum Gasteiger partial charge on any atom is 0.130 e. The zero-order valence-electron chi connectivity index (χ0n) is 11.1. The Morgan fingerprint density at radius 1 is 1.35 bits per heavy atom. The number of benzene rings is 1. The van der Waals surface area contributed by atoms with Crippen LogP contribution in [0.2, 0.25) is 5.02 Å². The lowest BCUT2D eigenvalue weighted by Gasteiger charge is -2.14. The molecule has 0 fully saturated rings. The molecule has 1 aromatic carbocycles. The molecular formula is C15H16BrClN2O. The van der Waals surface area contributed by atoms with E-state index in [0.717, 1.165) is 21.5 Å². The highest BCUT2D eigenvalue weighted by Crippen LogP contribution is 2.28. The number of halogens is 2. The lowest BCUT2D eigenvalue weighted by molar-refractivity contribution is 0.297. The highest BCUT2D eigenvalue weighted by molar-refractivity contribution is 9.10. The molecule has 0 spiro atoms. The summed E-state index contributed by atoms with van der Waals surface area (Å²) in [5.41, 5.74) is 7.66. The van der Waals surface area contributed by atoms with Gasteiger partial charge in [-0.15, -0.1) is 0 Å². The molecule has 20 heavy (non-hydrogen) atoms. The number of aromatic nitrogens is 1. The lowest BCUT2D eigenvalue weighted by atomic mass is 10.1. The standard InChI is InChI=1S/C15H16BrClN2O/c1-10(18)7-13-14(17)3-2-4-15(13)20-9-12-6-5-11(16)8-19-12/h2-6,8,10H,7,9,18H2,1H3. The van der Waals surface area contributed by atoms with Crippen molar-refractivity contribution in [2.45, 2.75) is 26.0 Å². The number of pyridine rings is 1. The van der Waals surface area contributed by atoms with Gasteiger partial charge in [-0.25, -0.2) is 0 Å². The predicted molar refractivity (Wildman–Crippen MR) is 85.1 cm³/mol. The van der Waals surface area contributed by atoms with Crippen LogP contribution in [0.25, 0.3) is 0 Å². The van der Waals surface area contributed by atoms with E-state index in [1.54, 1.807) is 6.20 Å². The molecule has 5 heteroatoms. The van der Waals surface area contributed by atoms with Crippen LogP contribution in [-0.4, -0.2) is 11.0 Å². The van der Waals surface area contributed by atoms with Crippen molar-refractivity contribution < 1.29 is 4.74 Å². The summed E-state index contributed by atoms with van der Waals surface area (Å²) in [6.45, 7) is 2.35. The summed E-state index contributed by atoms with van der Waals surface area (Å²) in [5.74, 6) is 0.763. The third-order valence-electron chi connectivity index (χ3n) is 2.77. The van der Waals surface area contributed by atoms with Crippen LogP contribution >= 0.6 is 27.5 Å². The monoisotopic (exact) mass is 354 g/mol. The van der Waals surface area contributed by atoms with Crippen LogP contribution in [0.4, 0.5) is 0 Å². The van der Waals surface area contributed by atoms with E-state index < -0.39 is 0 Å². The topological polar surface area (TPSA) is 48.1 Å². The van der Waals surface area contributed by atoms with E-state index in [-0.39, 0.29) is 6.04 Å². The van der Waals surface area contributed by atoms with E-state index in [9.17, 15) is 0 Å². The molecule has 2 aromatic rings. The first-order chi connectivity index (χ1) is 9.56. The van der Waals surface area contributed by atoms with Crippen LogP contribution in [0.5, 0.6) is 5.75 Å². The first-order valence-corrected chi connectivity index (χ1v) is 7.49. The molecule has 0 saturated heterocycles. The maximum absolute atomic E-state index is 6.22. The number of rotatable bonds is 5. The van der Waals surface area contributed by atoms with E-state index in [4.69, 9.17) is 22.1 Å². The van der Waals surface area contributed by atoms with Gasteiger partial charge in [0.2, 0.25) is 0 Å². The van der Waals surface area contributed by atoms with Gasteiger partial charge < -0.3 is 10.5 Å². The van der Waals surface area contributed by atoms with Crippen LogP contribution in [0.15, 0.2) is 41.0 Å². The highest BCUT2D eigenvalue weighted by atomic mass is 79.9. The molecular weight excluding hydrogens is 340 g/mol.